The molecule has 0 spiro atoms. The third-order valence-electron chi connectivity index (χ3n) is 4.24. The van der Waals surface area contributed by atoms with E-state index in [0.29, 0.717) is 18.0 Å². The maximum absolute atomic E-state index is 12.3. The highest BCUT2D eigenvalue weighted by molar-refractivity contribution is 5.77. The second-order valence-corrected chi connectivity index (χ2v) is 5.89. The van der Waals surface area contributed by atoms with Crippen molar-refractivity contribution in [2.45, 2.75) is 19.5 Å². The van der Waals surface area contributed by atoms with Crippen LogP contribution in [0.5, 0.6) is 11.5 Å². The fourth-order valence-corrected chi connectivity index (χ4v) is 2.87. The first-order valence-corrected chi connectivity index (χ1v) is 8.06. The molecule has 0 aliphatic carbocycles. The van der Waals surface area contributed by atoms with Crippen molar-refractivity contribution in [1.29, 1.82) is 0 Å². The van der Waals surface area contributed by atoms with Crippen LogP contribution in [-0.4, -0.2) is 39.2 Å². The van der Waals surface area contributed by atoms with Gasteiger partial charge in [-0.15, -0.1) is 0 Å². The van der Waals surface area contributed by atoms with E-state index >= 15 is 0 Å². The van der Waals surface area contributed by atoms with E-state index in [4.69, 9.17) is 14.2 Å². The van der Waals surface area contributed by atoms with Crippen LogP contribution in [0.4, 0.5) is 0 Å². The maximum atomic E-state index is 12.3. The van der Waals surface area contributed by atoms with E-state index in [2.05, 4.69) is 0 Å². The van der Waals surface area contributed by atoms with Crippen molar-refractivity contribution < 1.29 is 19.0 Å². The minimum absolute atomic E-state index is 0.285. The molecule has 0 radical (unpaired) electrons. The van der Waals surface area contributed by atoms with Gasteiger partial charge in [-0.2, -0.15) is 0 Å². The Bertz CT molecular complexity index is 715. The fourth-order valence-electron chi connectivity index (χ4n) is 2.87. The highest BCUT2D eigenvalue weighted by atomic mass is 16.5. The predicted octanol–water partition coefficient (Wildman–Crippen LogP) is 3.36. The number of carbonyl (C=O) groups is 1. The minimum Gasteiger partial charge on any atom is -0.493 e. The number of aryl methyl sites for hydroxylation is 1. The molecule has 0 saturated carbocycles. The van der Waals surface area contributed by atoms with Gasteiger partial charge in [0, 0.05) is 6.54 Å². The molecule has 0 aliphatic heterocycles. The first kappa shape index (κ1) is 18.8. The van der Waals surface area contributed by atoms with Crippen LogP contribution in [0.3, 0.4) is 0 Å². The molecular weight excluding hydrogens is 318 g/mol. The van der Waals surface area contributed by atoms with E-state index < -0.39 is 6.04 Å². The largest absolute Gasteiger partial charge is 0.493 e. The van der Waals surface area contributed by atoms with Gasteiger partial charge >= 0.3 is 5.97 Å². The lowest BCUT2D eigenvalue weighted by molar-refractivity contribution is -0.147. The lowest BCUT2D eigenvalue weighted by atomic mass is 10.0. The molecule has 1 atom stereocenters. The second kappa shape index (κ2) is 8.53. The first-order valence-electron chi connectivity index (χ1n) is 8.06. The van der Waals surface area contributed by atoms with Crippen molar-refractivity contribution in [2.24, 2.45) is 0 Å². The SMILES string of the molecule is COC(=O)[C@@H](c1ccccc1)N(C)Cc1cc(OC)c(OC)cc1C. The van der Waals surface area contributed by atoms with Gasteiger partial charge in [0.05, 0.1) is 21.3 Å². The summed E-state index contributed by atoms with van der Waals surface area (Å²) in [5.74, 6) is 1.08. The van der Waals surface area contributed by atoms with E-state index in [1.54, 1.807) is 14.2 Å². The van der Waals surface area contributed by atoms with Gasteiger partial charge < -0.3 is 14.2 Å². The molecule has 0 amide bonds. The number of methoxy groups -OCH3 is 3. The summed E-state index contributed by atoms with van der Waals surface area (Å²) in [5.41, 5.74) is 3.03. The minimum atomic E-state index is -0.473. The smallest absolute Gasteiger partial charge is 0.327 e. The molecular formula is C20H25NO4. The molecule has 25 heavy (non-hydrogen) atoms. The van der Waals surface area contributed by atoms with Crippen LogP contribution in [0.2, 0.25) is 0 Å². The third-order valence-corrected chi connectivity index (χ3v) is 4.24. The normalized spacial score (nSPS) is 11.9. The van der Waals surface area contributed by atoms with Gasteiger partial charge in [0.2, 0.25) is 0 Å². The Morgan fingerprint density at radius 2 is 1.64 bits per heavy atom. The van der Waals surface area contributed by atoms with Crippen molar-refractivity contribution in [1.82, 2.24) is 4.90 Å². The molecule has 5 heteroatoms. The molecule has 0 saturated heterocycles. The number of rotatable bonds is 7. The average molecular weight is 343 g/mol. The second-order valence-electron chi connectivity index (χ2n) is 5.89. The Labute approximate surface area is 149 Å². The van der Waals surface area contributed by atoms with Crippen molar-refractivity contribution in [3.05, 3.63) is 59.2 Å². The van der Waals surface area contributed by atoms with E-state index in [-0.39, 0.29) is 5.97 Å². The van der Waals surface area contributed by atoms with Crippen LogP contribution in [0.25, 0.3) is 0 Å². The zero-order chi connectivity index (χ0) is 18.4. The number of benzene rings is 2. The molecule has 0 aliphatic rings. The van der Waals surface area contributed by atoms with E-state index in [1.807, 2.05) is 61.3 Å². The van der Waals surface area contributed by atoms with Crippen LogP contribution < -0.4 is 9.47 Å². The van der Waals surface area contributed by atoms with Crippen molar-refractivity contribution >= 4 is 5.97 Å². The number of hydrogen-bond acceptors (Lipinski definition) is 5. The van der Waals surface area contributed by atoms with Crippen molar-refractivity contribution in [3.63, 3.8) is 0 Å². The topological polar surface area (TPSA) is 48.0 Å². The van der Waals surface area contributed by atoms with Crippen LogP contribution in [0.15, 0.2) is 42.5 Å². The standard InChI is InChI=1S/C20H25NO4/c1-14-11-17(23-3)18(24-4)12-16(14)13-21(2)19(20(22)25-5)15-9-7-6-8-10-15/h6-12,19H,13H2,1-5H3/t19-/m1/s1. The molecule has 134 valence electrons. The lowest BCUT2D eigenvalue weighted by Gasteiger charge is -2.27. The van der Waals surface area contributed by atoms with Gasteiger partial charge in [-0.05, 0) is 42.8 Å². The molecule has 2 aromatic rings. The summed E-state index contributed by atoms with van der Waals surface area (Å²) in [6.07, 6.45) is 0. The average Bonchev–Trinajstić information content (AvgIpc) is 2.63. The highest BCUT2D eigenvalue weighted by Crippen LogP contribution is 2.32. The van der Waals surface area contributed by atoms with Gasteiger partial charge in [-0.25, -0.2) is 4.79 Å². The van der Waals surface area contributed by atoms with Gasteiger partial charge in [-0.3, -0.25) is 4.90 Å². The van der Waals surface area contributed by atoms with Crippen molar-refractivity contribution in [2.75, 3.05) is 28.4 Å². The third kappa shape index (κ3) is 4.31. The van der Waals surface area contributed by atoms with Gasteiger partial charge in [0.25, 0.3) is 0 Å². The predicted molar refractivity (Wildman–Crippen MR) is 96.9 cm³/mol. The fraction of sp³-hybridized carbons (Fsp3) is 0.350. The first-order chi connectivity index (χ1) is 12.0. The van der Waals surface area contributed by atoms with Crippen LogP contribution in [0, 0.1) is 6.92 Å². The molecule has 0 bridgehead atoms. The number of likely N-dealkylation sites (N-methyl/N-ethyl adjacent to an activating group) is 1. The number of carbonyl (C=O) groups excluding carboxylic acids is 1. The molecule has 2 aromatic carbocycles. The molecule has 2 rings (SSSR count). The molecule has 0 aromatic heterocycles. The Morgan fingerprint density at radius 3 is 2.20 bits per heavy atom. The van der Waals surface area contributed by atoms with Crippen LogP contribution >= 0.6 is 0 Å². The van der Waals surface area contributed by atoms with Gasteiger partial charge in [0.15, 0.2) is 11.5 Å². The number of ether oxygens (including phenoxy) is 3. The summed E-state index contributed by atoms with van der Waals surface area (Å²) in [6, 6.07) is 13.0. The molecule has 0 N–H and O–H groups in total. The van der Waals surface area contributed by atoms with Gasteiger partial charge in [0.1, 0.15) is 6.04 Å². The molecule has 0 fully saturated rings. The van der Waals surface area contributed by atoms with Crippen LogP contribution in [0.1, 0.15) is 22.7 Å². The lowest BCUT2D eigenvalue weighted by Crippen LogP contribution is -2.31. The number of hydrogen-bond donors (Lipinski definition) is 0. The van der Waals surface area contributed by atoms with E-state index in [1.165, 1.54) is 7.11 Å². The number of esters is 1. The summed E-state index contributed by atoms with van der Waals surface area (Å²) in [5, 5.41) is 0. The van der Waals surface area contributed by atoms with E-state index in [9.17, 15) is 4.79 Å². The quantitative estimate of drug-likeness (QED) is 0.722. The Hall–Kier alpha value is -2.53. The van der Waals surface area contributed by atoms with Gasteiger partial charge in [-0.1, -0.05) is 30.3 Å². The summed E-state index contributed by atoms with van der Waals surface area (Å²) < 4.78 is 15.7. The molecule has 5 nitrogen and oxygen atoms in total. The Balaban J connectivity index is 2.32. The maximum Gasteiger partial charge on any atom is 0.327 e. The Morgan fingerprint density at radius 1 is 1.04 bits per heavy atom. The van der Waals surface area contributed by atoms with Crippen molar-refractivity contribution in [3.8, 4) is 11.5 Å². The molecule has 0 unspecified atom stereocenters. The highest BCUT2D eigenvalue weighted by Gasteiger charge is 2.26. The molecule has 0 heterocycles. The summed E-state index contributed by atoms with van der Waals surface area (Å²) in [6.45, 7) is 2.58. The van der Waals surface area contributed by atoms with E-state index in [0.717, 1.165) is 16.7 Å². The monoisotopic (exact) mass is 343 g/mol. The Kier molecular flexibility index (Phi) is 6.42. The zero-order valence-electron chi connectivity index (χ0n) is 15.4. The zero-order valence-corrected chi connectivity index (χ0v) is 15.4. The number of nitrogens with zero attached hydrogens (tertiary/aromatic N) is 1. The van der Waals surface area contributed by atoms with Crippen LogP contribution in [-0.2, 0) is 16.1 Å². The summed E-state index contributed by atoms with van der Waals surface area (Å²) in [7, 11) is 6.55. The summed E-state index contributed by atoms with van der Waals surface area (Å²) in [4.78, 5) is 14.3. The summed E-state index contributed by atoms with van der Waals surface area (Å²) >= 11 is 0.